The molecule has 4 aliphatic heterocycles. The number of aliphatic carboxylic acids is 2. The number of hydrogen-bond acceptors (Lipinski definition) is 4. The van der Waals surface area contributed by atoms with Crippen LogP contribution in [0.1, 0.15) is 40.5 Å². The predicted molar refractivity (Wildman–Crippen MR) is 74.3 cm³/mol. The maximum atomic E-state index is 11.8. The summed E-state index contributed by atoms with van der Waals surface area (Å²) in [5.41, 5.74) is -2.85. The molecule has 0 radical (unpaired) electrons. The Morgan fingerprint density at radius 2 is 1.18 bits per heavy atom. The van der Waals surface area contributed by atoms with Crippen LogP contribution in [-0.2, 0) is 19.1 Å². The third-order valence-electron chi connectivity index (χ3n) is 7.01. The average Bonchev–Trinajstić information content (AvgIpc) is 2.96. The third-order valence-corrected chi connectivity index (χ3v) is 7.01. The quantitative estimate of drug-likeness (QED) is 0.803. The van der Waals surface area contributed by atoms with Gasteiger partial charge < -0.3 is 19.7 Å². The van der Waals surface area contributed by atoms with E-state index in [9.17, 15) is 19.8 Å². The molecule has 4 heterocycles. The Balaban J connectivity index is 1.93. The van der Waals surface area contributed by atoms with Gasteiger partial charge in [0.25, 0.3) is 0 Å². The largest absolute Gasteiger partial charge is 0.481 e. The highest BCUT2D eigenvalue weighted by Crippen LogP contribution is 2.75. The van der Waals surface area contributed by atoms with Crippen molar-refractivity contribution in [3.8, 4) is 0 Å². The Morgan fingerprint density at radius 1 is 0.818 bits per heavy atom. The second-order valence-corrected chi connectivity index (χ2v) is 8.28. The van der Waals surface area contributed by atoms with E-state index in [0.29, 0.717) is 0 Å². The standard InChI is InChI=1S/C16H22O6/c1-13-5-6-14(2,21-13)10-9(13)15(3)7(11(17)18)8(12(19)20)16(10,4)22-15/h7-10H,5-6H2,1-4H3,(H,17,18)(H,19,20)/t7-,8+,9-,10-,13+,14+,15-,16-/m0/s1. The molecule has 0 aromatic rings. The van der Waals surface area contributed by atoms with Crippen LogP contribution in [0.3, 0.4) is 0 Å². The summed E-state index contributed by atoms with van der Waals surface area (Å²) in [5.74, 6) is -4.43. The van der Waals surface area contributed by atoms with Crippen molar-refractivity contribution in [2.75, 3.05) is 0 Å². The van der Waals surface area contributed by atoms with E-state index < -0.39 is 46.2 Å². The summed E-state index contributed by atoms with van der Waals surface area (Å²) in [6, 6.07) is 0. The maximum Gasteiger partial charge on any atom is 0.310 e. The van der Waals surface area contributed by atoms with Crippen LogP contribution in [0, 0.1) is 23.7 Å². The lowest BCUT2D eigenvalue weighted by molar-refractivity contribution is -0.161. The summed E-state index contributed by atoms with van der Waals surface area (Å²) in [4.78, 5) is 23.7. The third kappa shape index (κ3) is 1.23. The summed E-state index contributed by atoms with van der Waals surface area (Å²) in [7, 11) is 0. The Labute approximate surface area is 128 Å². The Bertz CT molecular complexity index is 553. The van der Waals surface area contributed by atoms with Gasteiger partial charge >= 0.3 is 11.9 Å². The monoisotopic (exact) mass is 310 g/mol. The van der Waals surface area contributed by atoms with E-state index >= 15 is 0 Å². The lowest BCUT2D eigenvalue weighted by Crippen LogP contribution is -2.61. The highest BCUT2D eigenvalue weighted by Gasteiger charge is 2.85. The van der Waals surface area contributed by atoms with E-state index in [1.165, 1.54) is 0 Å². The number of carboxylic acid groups (broad SMARTS) is 2. The zero-order valence-electron chi connectivity index (χ0n) is 13.3. The first-order valence-corrected chi connectivity index (χ1v) is 7.86. The van der Waals surface area contributed by atoms with Crippen molar-refractivity contribution < 1.29 is 29.3 Å². The minimum atomic E-state index is -1.09. The first-order chi connectivity index (χ1) is 10.00. The average molecular weight is 310 g/mol. The van der Waals surface area contributed by atoms with Crippen LogP contribution in [0.2, 0.25) is 0 Å². The van der Waals surface area contributed by atoms with Gasteiger partial charge in [-0.05, 0) is 40.5 Å². The molecule has 6 heteroatoms. The molecule has 4 rings (SSSR count). The SMILES string of the molecule is C[C@@]12O[C@](C)([C@H]3[C@H]1[C@@]1(C)CC[C@@]3(C)O1)[C@@H](C(=O)O)[C@H]2C(=O)O. The molecule has 4 fully saturated rings. The zero-order valence-corrected chi connectivity index (χ0v) is 13.3. The van der Waals surface area contributed by atoms with E-state index in [-0.39, 0.29) is 11.8 Å². The molecule has 4 bridgehead atoms. The van der Waals surface area contributed by atoms with E-state index in [1.54, 1.807) is 13.8 Å². The van der Waals surface area contributed by atoms with Gasteiger partial charge in [-0.25, -0.2) is 0 Å². The van der Waals surface area contributed by atoms with Crippen molar-refractivity contribution in [3.05, 3.63) is 0 Å². The molecular weight excluding hydrogens is 288 g/mol. The van der Waals surface area contributed by atoms with Crippen molar-refractivity contribution >= 4 is 11.9 Å². The molecule has 0 unspecified atom stereocenters. The lowest BCUT2D eigenvalue weighted by Gasteiger charge is -2.47. The predicted octanol–water partition coefficient (Wildman–Crippen LogP) is 1.52. The molecule has 0 saturated carbocycles. The summed E-state index contributed by atoms with van der Waals surface area (Å²) < 4.78 is 12.5. The molecule has 4 aliphatic rings. The normalized spacial score (nSPS) is 61.5. The van der Waals surface area contributed by atoms with Gasteiger partial charge in [0.2, 0.25) is 0 Å². The van der Waals surface area contributed by atoms with Crippen LogP contribution >= 0.6 is 0 Å². The van der Waals surface area contributed by atoms with Crippen LogP contribution in [0.4, 0.5) is 0 Å². The summed E-state index contributed by atoms with van der Waals surface area (Å²) in [6.45, 7) is 7.60. The van der Waals surface area contributed by atoms with Gasteiger partial charge in [-0.2, -0.15) is 0 Å². The first kappa shape index (κ1) is 14.5. The van der Waals surface area contributed by atoms with Gasteiger partial charge in [0.15, 0.2) is 0 Å². The fourth-order valence-electron chi connectivity index (χ4n) is 6.70. The molecule has 0 aromatic heterocycles. The van der Waals surface area contributed by atoms with Crippen molar-refractivity contribution in [2.24, 2.45) is 23.7 Å². The second kappa shape index (κ2) is 3.51. The fraction of sp³-hybridized carbons (Fsp3) is 0.875. The molecule has 22 heavy (non-hydrogen) atoms. The number of hydrogen-bond donors (Lipinski definition) is 2. The zero-order chi connectivity index (χ0) is 16.3. The van der Waals surface area contributed by atoms with Crippen molar-refractivity contribution in [1.82, 2.24) is 0 Å². The highest BCUT2D eigenvalue weighted by atomic mass is 16.6. The molecule has 0 aromatic carbocycles. The van der Waals surface area contributed by atoms with Gasteiger partial charge in [-0.1, -0.05) is 0 Å². The number of carboxylic acids is 2. The van der Waals surface area contributed by atoms with Crippen molar-refractivity contribution in [3.63, 3.8) is 0 Å². The van der Waals surface area contributed by atoms with Crippen LogP contribution < -0.4 is 0 Å². The van der Waals surface area contributed by atoms with Crippen LogP contribution in [0.5, 0.6) is 0 Å². The van der Waals surface area contributed by atoms with E-state index in [0.717, 1.165) is 12.8 Å². The molecule has 2 N–H and O–H groups in total. The molecule has 6 nitrogen and oxygen atoms in total. The molecular formula is C16H22O6. The smallest absolute Gasteiger partial charge is 0.310 e. The van der Waals surface area contributed by atoms with Gasteiger partial charge in [0, 0.05) is 11.8 Å². The minimum absolute atomic E-state index is 0.0829. The number of rotatable bonds is 2. The molecule has 0 aliphatic carbocycles. The van der Waals surface area contributed by atoms with Gasteiger partial charge in [0.1, 0.15) is 11.8 Å². The second-order valence-electron chi connectivity index (χ2n) is 8.28. The number of ether oxygens (including phenoxy) is 2. The summed E-state index contributed by atoms with van der Waals surface area (Å²) in [5, 5.41) is 19.4. The van der Waals surface area contributed by atoms with E-state index in [1.807, 2.05) is 13.8 Å². The first-order valence-electron chi connectivity index (χ1n) is 7.86. The van der Waals surface area contributed by atoms with Crippen LogP contribution in [0.25, 0.3) is 0 Å². The van der Waals surface area contributed by atoms with Crippen LogP contribution in [0.15, 0.2) is 0 Å². The van der Waals surface area contributed by atoms with Crippen molar-refractivity contribution in [1.29, 1.82) is 0 Å². The van der Waals surface area contributed by atoms with E-state index in [4.69, 9.17) is 9.47 Å². The topological polar surface area (TPSA) is 93.1 Å². The molecule has 8 atom stereocenters. The van der Waals surface area contributed by atoms with Gasteiger partial charge in [-0.3, -0.25) is 9.59 Å². The summed E-state index contributed by atoms with van der Waals surface area (Å²) >= 11 is 0. The fourth-order valence-corrected chi connectivity index (χ4v) is 6.70. The minimum Gasteiger partial charge on any atom is -0.481 e. The maximum absolute atomic E-state index is 11.8. The lowest BCUT2D eigenvalue weighted by atomic mass is 9.49. The van der Waals surface area contributed by atoms with Gasteiger partial charge in [0.05, 0.1) is 22.4 Å². The summed E-state index contributed by atoms with van der Waals surface area (Å²) in [6.07, 6.45) is 1.73. The number of fused-ring (bicyclic) bond motifs is 9. The number of carbonyl (C=O) groups is 2. The Kier molecular flexibility index (Phi) is 2.31. The Morgan fingerprint density at radius 3 is 1.50 bits per heavy atom. The van der Waals surface area contributed by atoms with Crippen molar-refractivity contribution in [2.45, 2.75) is 62.9 Å². The molecule has 0 amide bonds. The molecule has 122 valence electrons. The van der Waals surface area contributed by atoms with Gasteiger partial charge in [-0.15, -0.1) is 0 Å². The highest BCUT2D eigenvalue weighted by molar-refractivity contribution is 5.84. The molecule has 4 saturated heterocycles. The Hall–Kier alpha value is -1.14. The van der Waals surface area contributed by atoms with Crippen LogP contribution in [-0.4, -0.2) is 44.6 Å². The molecule has 0 spiro atoms. The van der Waals surface area contributed by atoms with E-state index in [2.05, 4.69) is 0 Å².